The highest BCUT2D eigenvalue weighted by Gasteiger charge is 2.09. The van der Waals surface area contributed by atoms with Crippen molar-refractivity contribution in [3.63, 3.8) is 0 Å². The second-order valence-corrected chi connectivity index (χ2v) is 6.72. The topological polar surface area (TPSA) is 52.6 Å². The second-order valence-electron chi connectivity index (χ2n) is 6.72. The number of ether oxygens (including phenoxy) is 2. The van der Waals surface area contributed by atoms with E-state index in [2.05, 4.69) is 27.7 Å². The van der Waals surface area contributed by atoms with E-state index in [0.29, 0.717) is 25.0 Å². The summed E-state index contributed by atoms with van der Waals surface area (Å²) in [5.41, 5.74) is 0. The molecule has 0 bridgehead atoms. The van der Waals surface area contributed by atoms with Crippen LogP contribution in [-0.2, 0) is 19.1 Å². The zero-order valence-corrected chi connectivity index (χ0v) is 14.9. The molecule has 22 heavy (non-hydrogen) atoms. The molecule has 0 N–H and O–H groups in total. The van der Waals surface area contributed by atoms with Crippen molar-refractivity contribution in [3.8, 4) is 0 Å². The summed E-state index contributed by atoms with van der Waals surface area (Å²) in [6.07, 6.45) is 6.48. The standard InChI is InChI=1S/C18H34O4/c1-15(2)9-5-7-13-21-17(19)11-12-18(20)22-14-8-6-10-16(3)4/h15-16H,5-14H2,1-4H3. The predicted molar refractivity (Wildman–Crippen MR) is 88.5 cm³/mol. The fourth-order valence-electron chi connectivity index (χ4n) is 2.03. The van der Waals surface area contributed by atoms with Crippen molar-refractivity contribution in [1.29, 1.82) is 0 Å². The molecule has 0 aromatic carbocycles. The Bertz CT molecular complexity index is 267. The van der Waals surface area contributed by atoms with Crippen molar-refractivity contribution in [2.24, 2.45) is 11.8 Å². The Balaban J connectivity index is 3.43. The lowest BCUT2D eigenvalue weighted by molar-refractivity contribution is -0.150. The van der Waals surface area contributed by atoms with Gasteiger partial charge in [-0.25, -0.2) is 0 Å². The van der Waals surface area contributed by atoms with Gasteiger partial charge in [0.05, 0.1) is 26.1 Å². The highest BCUT2D eigenvalue weighted by molar-refractivity contribution is 5.77. The minimum atomic E-state index is -0.304. The highest BCUT2D eigenvalue weighted by Crippen LogP contribution is 2.07. The molecule has 0 aromatic rings. The largest absolute Gasteiger partial charge is 0.466 e. The lowest BCUT2D eigenvalue weighted by Gasteiger charge is -2.07. The highest BCUT2D eigenvalue weighted by atomic mass is 16.5. The van der Waals surface area contributed by atoms with Crippen molar-refractivity contribution < 1.29 is 19.1 Å². The third-order valence-electron chi connectivity index (χ3n) is 3.41. The van der Waals surface area contributed by atoms with Crippen LogP contribution in [0.5, 0.6) is 0 Å². The van der Waals surface area contributed by atoms with Gasteiger partial charge in [0, 0.05) is 0 Å². The second kappa shape index (κ2) is 13.6. The molecule has 0 saturated heterocycles. The Kier molecular flexibility index (Phi) is 12.9. The van der Waals surface area contributed by atoms with Crippen LogP contribution in [0.25, 0.3) is 0 Å². The van der Waals surface area contributed by atoms with Crippen LogP contribution in [0.3, 0.4) is 0 Å². The summed E-state index contributed by atoms with van der Waals surface area (Å²) in [6, 6.07) is 0. The number of esters is 2. The lowest BCUT2D eigenvalue weighted by atomic mass is 10.1. The van der Waals surface area contributed by atoms with Crippen LogP contribution >= 0.6 is 0 Å². The Labute approximate surface area is 135 Å². The van der Waals surface area contributed by atoms with Crippen LogP contribution in [0.1, 0.15) is 79.1 Å². The van der Waals surface area contributed by atoms with Crippen LogP contribution in [0.2, 0.25) is 0 Å². The summed E-state index contributed by atoms with van der Waals surface area (Å²) in [7, 11) is 0. The van der Waals surface area contributed by atoms with Crippen LogP contribution in [-0.4, -0.2) is 25.2 Å². The third kappa shape index (κ3) is 15.3. The molecule has 0 amide bonds. The first-order chi connectivity index (χ1) is 10.4. The van der Waals surface area contributed by atoms with Crippen LogP contribution in [0, 0.1) is 11.8 Å². The summed E-state index contributed by atoms with van der Waals surface area (Å²) in [6.45, 7) is 9.63. The fraction of sp³-hybridized carbons (Fsp3) is 0.889. The minimum Gasteiger partial charge on any atom is -0.466 e. The Morgan fingerprint density at radius 1 is 0.682 bits per heavy atom. The summed E-state index contributed by atoms with van der Waals surface area (Å²) in [5, 5.41) is 0. The van der Waals surface area contributed by atoms with E-state index in [0.717, 1.165) is 38.5 Å². The molecule has 4 nitrogen and oxygen atoms in total. The van der Waals surface area contributed by atoms with E-state index in [-0.39, 0.29) is 24.8 Å². The maximum absolute atomic E-state index is 11.5. The van der Waals surface area contributed by atoms with Gasteiger partial charge in [0.1, 0.15) is 0 Å². The normalized spacial score (nSPS) is 11.0. The van der Waals surface area contributed by atoms with E-state index < -0.39 is 0 Å². The zero-order valence-electron chi connectivity index (χ0n) is 14.9. The molecule has 0 heterocycles. The third-order valence-corrected chi connectivity index (χ3v) is 3.41. The maximum atomic E-state index is 11.5. The average Bonchev–Trinajstić information content (AvgIpc) is 2.43. The van der Waals surface area contributed by atoms with Gasteiger partial charge in [-0.1, -0.05) is 40.5 Å². The first kappa shape index (κ1) is 20.9. The van der Waals surface area contributed by atoms with Crippen LogP contribution in [0.15, 0.2) is 0 Å². The molecule has 0 spiro atoms. The molecule has 0 fully saturated rings. The van der Waals surface area contributed by atoms with Gasteiger partial charge in [-0.2, -0.15) is 0 Å². The fourth-order valence-corrected chi connectivity index (χ4v) is 2.03. The molecule has 0 aliphatic heterocycles. The van der Waals surface area contributed by atoms with Gasteiger partial charge in [-0.05, 0) is 37.5 Å². The molecular weight excluding hydrogens is 280 g/mol. The summed E-state index contributed by atoms with van der Waals surface area (Å²) in [5.74, 6) is 0.764. The van der Waals surface area contributed by atoms with E-state index in [1.807, 2.05) is 0 Å². The van der Waals surface area contributed by atoms with Crippen molar-refractivity contribution in [2.45, 2.75) is 79.1 Å². The SMILES string of the molecule is CC(C)CCCCOC(=O)CCC(=O)OCCCCC(C)C. The molecule has 0 rings (SSSR count). The van der Waals surface area contributed by atoms with Gasteiger partial charge in [-0.3, -0.25) is 9.59 Å². The predicted octanol–water partition coefficient (Wildman–Crippen LogP) is 4.51. The van der Waals surface area contributed by atoms with E-state index in [1.54, 1.807) is 0 Å². The smallest absolute Gasteiger partial charge is 0.306 e. The number of rotatable bonds is 13. The van der Waals surface area contributed by atoms with Crippen molar-refractivity contribution in [1.82, 2.24) is 0 Å². The van der Waals surface area contributed by atoms with Gasteiger partial charge < -0.3 is 9.47 Å². The van der Waals surface area contributed by atoms with E-state index in [1.165, 1.54) is 0 Å². The van der Waals surface area contributed by atoms with Crippen molar-refractivity contribution in [2.75, 3.05) is 13.2 Å². The molecule has 0 atom stereocenters. The minimum absolute atomic E-state index is 0.120. The molecule has 0 unspecified atom stereocenters. The Morgan fingerprint density at radius 3 is 1.36 bits per heavy atom. The zero-order chi connectivity index (χ0) is 16.8. The lowest BCUT2D eigenvalue weighted by Crippen LogP contribution is -2.11. The van der Waals surface area contributed by atoms with Gasteiger partial charge in [0.2, 0.25) is 0 Å². The summed E-state index contributed by atoms with van der Waals surface area (Å²) < 4.78 is 10.2. The first-order valence-corrected chi connectivity index (χ1v) is 8.73. The van der Waals surface area contributed by atoms with Gasteiger partial charge in [0.15, 0.2) is 0 Å². The molecule has 0 saturated carbocycles. The van der Waals surface area contributed by atoms with Crippen LogP contribution in [0.4, 0.5) is 0 Å². The first-order valence-electron chi connectivity index (χ1n) is 8.73. The van der Waals surface area contributed by atoms with Crippen molar-refractivity contribution >= 4 is 11.9 Å². The van der Waals surface area contributed by atoms with Gasteiger partial charge in [-0.15, -0.1) is 0 Å². The average molecular weight is 314 g/mol. The van der Waals surface area contributed by atoms with Crippen molar-refractivity contribution in [3.05, 3.63) is 0 Å². The molecule has 0 aliphatic rings. The number of carbonyl (C=O) groups excluding carboxylic acids is 2. The Morgan fingerprint density at radius 2 is 1.05 bits per heavy atom. The van der Waals surface area contributed by atoms with E-state index >= 15 is 0 Å². The molecule has 0 aliphatic carbocycles. The van der Waals surface area contributed by atoms with Gasteiger partial charge >= 0.3 is 11.9 Å². The number of hydrogen-bond donors (Lipinski definition) is 0. The molecule has 4 heteroatoms. The summed E-state index contributed by atoms with van der Waals surface area (Å²) >= 11 is 0. The monoisotopic (exact) mass is 314 g/mol. The van der Waals surface area contributed by atoms with E-state index in [4.69, 9.17) is 9.47 Å². The number of carbonyl (C=O) groups is 2. The Hall–Kier alpha value is -1.06. The number of unbranched alkanes of at least 4 members (excludes halogenated alkanes) is 2. The molecule has 130 valence electrons. The summed E-state index contributed by atoms with van der Waals surface area (Å²) in [4.78, 5) is 22.9. The quantitative estimate of drug-likeness (QED) is 0.371. The number of hydrogen-bond acceptors (Lipinski definition) is 4. The maximum Gasteiger partial charge on any atom is 0.306 e. The van der Waals surface area contributed by atoms with Gasteiger partial charge in [0.25, 0.3) is 0 Å². The molecule has 0 radical (unpaired) electrons. The van der Waals surface area contributed by atoms with E-state index in [9.17, 15) is 9.59 Å². The molecule has 0 aromatic heterocycles. The van der Waals surface area contributed by atoms with Crippen LogP contribution < -0.4 is 0 Å². The molecular formula is C18H34O4.